The van der Waals surface area contributed by atoms with Crippen LogP contribution < -0.4 is 10.1 Å². The van der Waals surface area contributed by atoms with Gasteiger partial charge in [0.25, 0.3) is 0 Å². The average Bonchev–Trinajstić information content (AvgIpc) is 3.08. The lowest BCUT2D eigenvalue weighted by Gasteiger charge is -2.25. The predicted octanol–water partition coefficient (Wildman–Crippen LogP) is 2.98. The molecule has 0 saturated heterocycles. The van der Waals surface area contributed by atoms with Gasteiger partial charge in [0.2, 0.25) is 0 Å². The maximum atomic E-state index is 13.0. The van der Waals surface area contributed by atoms with E-state index in [0.29, 0.717) is 18.4 Å². The van der Waals surface area contributed by atoms with Crippen LogP contribution in [-0.2, 0) is 0 Å². The van der Waals surface area contributed by atoms with Crippen molar-refractivity contribution in [3.05, 3.63) is 30.1 Å². The van der Waals surface area contributed by atoms with Crippen LogP contribution in [0, 0.1) is 11.2 Å². The summed E-state index contributed by atoms with van der Waals surface area (Å²) >= 11 is 0. The summed E-state index contributed by atoms with van der Waals surface area (Å²) in [6.07, 6.45) is 2.58. The van der Waals surface area contributed by atoms with E-state index in [1.54, 1.807) is 12.1 Å². The van der Waals surface area contributed by atoms with Crippen molar-refractivity contribution >= 4 is 0 Å². The summed E-state index contributed by atoms with van der Waals surface area (Å²) in [6.45, 7) is 5.84. The van der Waals surface area contributed by atoms with E-state index in [0.717, 1.165) is 6.54 Å². The number of rotatable bonds is 6. The summed E-state index contributed by atoms with van der Waals surface area (Å²) in [6, 6.07) is 7.01. The van der Waals surface area contributed by atoms with Crippen LogP contribution in [0.15, 0.2) is 24.3 Å². The summed E-state index contributed by atoms with van der Waals surface area (Å²) in [5.74, 6) is 0.348. The third-order valence-corrected chi connectivity index (χ3v) is 2.87. The molecule has 17 heavy (non-hydrogen) atoms. The Kier molecular flexibility index (Phi) is 3.67. The number of halogens is 1. The third-order valence-electron chi connectivity index (χ3n) is 2.87. The molecule has 0 aromatic heterocycles. The summed E-state index contributed by atoms with van der Waals surface area (Å²) in [5, 5.41) is 3.49. The second-order valence-electron chi connectivity index (χ2n) is 5.57. The van der Waals surface area contributed by atoms with Gasteiger partial charge in [0.15, 0.2) is 0 Å². The second kappa shape index (κ2) is 5.05. The monoisotopic (exact) mass is 237 g/mol. The Morgan fingerprint density at radius 3 is 2.82 bits per heavy atom. The van der Waals surface area contributed by atoms with Gasteiger partial charge < -0.3 is 10.1 Å². The van der Waals surface area contributed by atoms with Gasteiger partial charge in [-0.05, 0) is 25.0 Å². The molecule has 1 aliphatic rings. The molecule has 1 fully saturated rings. The first kappa shape index (κ1) is 12.4. The topological polar surface area (TPSA) is 21.3 Å². The van der Waals surface area contributed by atoms with Gasteiger partial charge in [-0.15, -0.1) is 0 Å². The van der Waals surface area contributed by atoms with E-state index in [2.05, 4.69) is 19.2 Å². The Bertz CT molecular complexity index is 374. The van der Waals surface area contributed by atoms with Crippen molar-refractivity contribution in [1.82, 2.24) is 5.32 Å². The van der Waals surface area contributed by atoms with E-state index in [9.17, 15) is 4.39 Å². The summed E-state index contributed by atoms with van der Waals surface area (Å²) in [5.41, 5.74) is 0.0644. The number of hydrogen-bond acceptors (Lipinski definition) is 2. The zero-order valence-corrected chi connectivity index (χ0v) is 10.5. The van der Waals surface area contributed by atoms with E-state index < -0.39 is 0 Å². The molecule has 94 valence electrons. The SMILES string of the molecule is CC(C)(CNC1CC1)COc1cccc(F)c1. The Labute approximate surface area is 102 Å². The Hall–Kier alpha value is -1.09. The minimum absolute atomic E-state index is 0.0644. The molecular formula is C14H20FNO. The normalized spacial score (nSPS) is 15.9. The van der Waals surface area contributed by atoms with Gasteiger partial charge in [-0.2, -0.15) is 0 Å². The molecule has 2 rings (SSSR count). The first-order valence-corrected chi connectivity index (χ1v) is 6.17. The highest BCUT2D eigenvalue weighted by Gasteiger charge is 2.25. The first-order chi connectivity index (χ1) is 8.05. The molecule has 1 saturated carbocycles. The van der Waals surface area contributed by atoms with Crippen molar-refractivity contribution in [1.29, 1.82) is 0 Å². The van der Waals surface area contributed by atoms with Crippen molar-refractivity contribution in [3.63, 3.8) is 0 Å². The Morgan fingerprint density at radius 1 is 1.41 bits per heavy atom. The van der Waals surface area contributed by atoms with E-state index in [1.165, 1.54) is 25.0 Å². The molecule has 1 aromatic rings. The quantitative estimate of drug-likeness (QED) is 0.821. The maximum absolute atomic E-state index is 13.0. The van der Waals surface area contributed by atoms with Gasteiger partial charge in [-0.1, -0.05) is 19.9 Å². The highest BCUT2D eigenvalue weighted by Crippen LogP contribution is 2.23. The average molecular weight is 237 g/mol. The molecule has 0 amide bonds. The summed E-state index contributed by atoms with van der Waals surface area (Å²) < 4.78 is 18.6. The maximum Gasteiger partial charge on any atom is 0.126 e. The number of benzene rings is 1. The minimum Gasteiger partial charge on any atom is -0.493 e. The first-order valence-electron chi connectivity index (χ1n) is 6.17. The highest BCUT2D eigenvalue weighted by molar-refractivity contribution is 5.22. The molecule has 0 aliphatic heterocycles. The predicted molar refractivity (Wildman–Crippen MR) is 66.7 cm³/mol. The van der Waals surface area contributed by atoms with Gasteiger partial charge >= 0.3 is 0 Å². The van der Waals surface area contributed by atoms with Gasteiger partial charge in [-0.3, -0.25) is 0 Å². The number of hydrogen-bond donors (Lipinski definition) is 1. The number of nitrogens with one attached hydrogen (secondary N) is 1. The largest absolute Gasteiger partial charge is 0.493 e. The van der Waals surface area contributed by atoms with Crippen LogP contribution in [0.1, 0.15) is 26.7 Å². The van der Waals surface area contributed by atoms with Gasteiger partial charge in [0.1, 0.15) is 11.6 Å². The molecule has 0 heterocycles. The molecule has 0 unspecified atom stereocenters. The van der Waals surface area contributed by atoms with Crippen LogP contribution in [0.5, 0.6) is 5.75 Å². The van der Waals surface area contributed by atoms with E-state index in [4.69, 9.17) is 4.74 Å². The van der Waals surface area contributed by atoms with Crippen molar-refractivity contribution in [2.24, 2.45) is 5.41 Å². The molecule has 0 bridgehead atoms. The van der Waals surface area contributed by atoms with E-state index >= 15 is 0 Å². The zero-order valence-electron chi connectivity index (χ0n) is 10.5. The van der Waals surface area contributed by atoms with Crippen molar-refractivity contribution < 1.29 is 9.13 Å². The van der Waals surface area contributed by atoms with Crippen molar-refractivity contribution in [2.75, 3.05) is 13.2 Å². The Morgan fingerprint density at radius 2 is 2.18 bits per heavy atom. The van der Waals surface area contributed by atoms with Crippen LogP contribution in [0.25, 0.3) is 0 Å². The van der Waals surface area contributed by atoms with E-state index in [1.807, 2.05) is 0 Å². The fraction of sp³-hybridized carbons (Fsp3) is 0.571. The van der Waals surface area contributed by atoms with Crippen LogP contribution in [0.3, 0.4) is 0 Å². The van der Waals surface area contributed by atoms with Crippen LogP contribution >= 0.6 is 0 Å². The van der Waals surface area contributed by atoms with Gasteiger partial charge in [0, 0.05) is 24.1 Å². The van der Waals surface area contributed by atoms with Crippen LogP contribution in [-0.4, -0.2) is 19.2 Å². The lowest BCUT2D eigenvalue weighted by molar-refractivity contribution is 0.175. The molecule has 2 nitrogen and oxygen atoms in total. The second-order valence-corrected chi connectivity index (χ2v) is 5.57. The molecular weight excluding hydrogens is 217 g/mol. The number of ether oxygens (including phenoxy) is 1. The molecule has 0 radical (unpaired) electrons. The molecule has 3 heteroatoms. The highest BCUT2D eigenvalue weighted by atomic mass is 19.1. The van der Waals surface area contributed by atoms with Crippen molar-refractivity contribution in [3.8, 4) is 5.75 Å². The molecule has 1 aliphatic carbocycles. The summed E-state index contributed by atoms with van der Waals surface area (Å²) in [4.78, 5) is 0. The fourth-order valence-corrected chi connectivity index (χ4v) is 1.59. The van der Waals surface area contributed by atoms with Gasteiger partial charge in [-0.25, -0.2) is 4.39 Å². The van der Waals surface area contributed by atoms with Crippen LogP contribution in [0.2, 0.25) is 0 Å². The lowest BCUT2D eigenvalue weighted by atomic mass is 9.95. The third kappa shape index (κ3) is 4.35. The van der Waals surface area contributed by atoms with Gasteiger partial charge in [0.05, 0.1) is 6.61 Å². The molecule has 1 aromatic carbocycles. The minimum atomic E-state index is -0.253. The zero-order chi connectivity index (χ0) is 12.3. The van der Waals surface area contributed by atoms with Crippen molar-refractivity contribution in [2.45, 2.75) is 32.7 Å². The smallest absolute Gasteiger partial charge is 0.126 e. The summed E-state index contributed by atoms with van der Waals surface area (Å²) in [7, 11) is 0. The Balaban J connectivity index is 1.78. The standard InChI is InChI=1S/C14H20FNO/c1-14(2,9-16-12-6-7-12)10-17-13-5-3-4-11(15)8-13/h3-5,8,12,16H,6-7,9-10H2,1-2H3. The lowest BCUT2D eigenvalue weighted by Crippen LogP contribution is -2.35. The molecule has 0 spiro atoms. The van der Waals surface area contributed by atoms with Crippen LogP contribution in [0.4, 0.5) is 4.39 Å². The fourth-order valence-electron chi connectivity index (χ4n) is 1.59. The molecule has 0 atom stereocenters. The molecule has 1 N–H and O–H groups in total. The van der Waals surface area contributed by atoms with E-state index in [-0.39, 0.29) is 11.2 Å².